The first-order chi connectivity index (χ1) is 7.74. The molecule has 0 radical (unpaired) electrons. The maximum Gasteiger partial charge on any atom is 0.187 e. The van der Waals surface area contributed by atoms with Crippen LogP contribution in [-0.2, 0) is 14.5 Å². The van der Waals surface area contributed by atoms with Gasteiger partial charge in [0.05, 0.1) is 24.8 Å². The lowest BCUT2D eigenvalue weighted by atomic mass is 10.7. The molecule has 0 aromatic carbocycles. The van der Waals surface area contributed by atoms with E-state index in [1.807, 2.05) is 0 Å². The minimum absolute atomic E-state index is 0.0185. The molecule has 0 aliphatic carbocycles. The highest BCUT2D eigenvalue weighted by molar-refractivity contribution is 7.80. The number of nitrogens with zero attached hydrogens (tertiary/aromatic N) is 1. The van der Waals surface area contributed by atoms with Gasteiger partial charge in [-0.2, -0.15) is 12.6 Å². The number of thiol groups is 1. The van der Waals surface area contributed by atoms with Gasteiger partial charge >= 0.3 is 0 Å². The van der Waals surface area contributed by atoms with E-state index in [4.69, 9.17) is 29.8 Å². The normalized spacial score (nSPS) is 12.0. The summed E-state index contributed by atoms with van der Waals surface area (Å²) in [6, 6.07) is 0. The smallest absolute Gasteiger partial charge is 0.187 e. The van der Waals surface area contributed by atoms with E-state index in [2.05, 4.69) is 12.6 Å². The molecule has 0 heterocycles. The van der Waals surface area contributed by atoms with E-state index in [-0.39, 0.29) is 46.2 Å². The Morgan fingerprint density at radius 2 is 1.19 bits per heavy atom. The van der Waals surface area contributed by atoms with Gasteiger partial charge in [0.1, 0.15) is 19.8 Å². The van der Waals surface area contributed by atoms with Gasteiger partial charge in [0, 0.05) is 5.75 Å². The Labute approximate surface area is 100 Å². The van der Waals surface area contributed by atoms with Crippen molar-refractivity contribution in [2.24, 2.45) is 0 Å². The van der Waals surface area contributed by atoms with Crippen LogP contribution in [0.15, 0.2) is 0 Å². The molecule has 0 aliphatic heterocycles. The first kappa shape index (κ1) is 16.1. The summed E-state index contributed by atoms with van der Waals surface area (Å²) in [5.41, 5.74) is 0. The quantitative estimate of drug-likeness (QED) is 0.205. The summed E-state index contributed by atoms with van der Waals surface area (Å²) >= 11 is 4.04. The van der Waals surface area contributed by atoms with E-state index in [9.17, 15) is 0 Å². The largest absolute Gasteiger partial charge is 0.394 e. The number of hydroxylamine groups is 3. The fraction of sp³-hybridized carbons (Fsp3) is 1.00. The van der Waals surface area contributed by atoms with Crippen molar-refractivity contribution < 1.29 is 34.8 Å². The maximum atomic E-state index is 8.68. The molecule has 98 valence electrons. The molecular weight excluding hydrogens is 238 g/mol. The molecule has 0 bridgehead atoms. The highest BCUT2D eigenvalue weighted by Crippen LogP contribution is 2.12. The average Bonchev–Trinajstić information content (AvgIpc) is 2.31. The standard InChI is InChI=1S/C8H19NO6S/c10-2-5-13-9(1-8-16,14-6-3-11)15-7-4-12/h10-12H,1-8H2/p+1. The van der Waals surface area contributed by atoms with Crippen LogP contribution in [0.4, 0.5) is 0 Å². The average molecular weight is 258 g/mol. The Hall–Kier alpha value is 0.0700. The number of aliphatic hydroxyl groups excluding tert-OH is 3. The maximum absolute atomic E-state index is 8.68. The van der Waals surface area contributed by atoms with E-state index < -0.39 is 4.97 Å². The van der Waals surface area contributed by atoms with Crippen molar-refractivity contribution in [1.82, 2.24) is 0 Å². The zero-order valence-corrected chi connectivity index (χ0v) is 10.0. The molecule has 0 fully saturated rings. The van der Waals surface area contributed by atoms with Crippen LogP contribution in [0.3, 0.4) is 0 Å². The van der Waals surface area contributed by atoms with Crippen molar-refractivity contribution in [2.75, 3.05) is 51.9 Å². The van der Waals surface area contributed by atoms with Crippen LogP contribution in [0, 0.1) is 0 Å². The van der Waals surface area contributed by atoms with Crippen LogP contribution < -0.4 is 0 Å². The molecule has 0 atom stereocenters. The molecule has 0 aromatic rings. The summed E-state index contributed by atoms with van der Waals surface area (Å²) in [4.78, 5) is 14.9. The number of quaternary nitrogens is 1. The molecular formula is C8H20NO6S+. The second kappa shape index (κ2) is 10.2. The zero-order chi connectivity index (χ0) is 12.3. The molecule has 0 rings (SSSR count). The van der Waals surface area contributed by atoms with Crippen LogP contribution in [0.5, 0.6) is 0 Å². The molecule has 7 nitrogen and oxygen atoms in total. The first-order valence-electron chi connectivity index (χ1n) is 4.99. The van der Waals surface area contributed by atoms with E-state index in [0.717, 1.165) is 0 Å². The van der Waals surface area contributed by atoms with Gasteiger partial charge in [-0.3, -0.25) is 0 Å². The second-order valence-electron chi connectivity index (χ2n) is 2.73. The molecule has 8 heteroatoms. The van der Waals surface area contributed by atoms with E-state index >= 15 is 0 Å². The van der Waals surface area contributed by atoms with Crippen molar-refractivity contribution in [3.63, 3.8) is 0 Å². The number of rotatable bonds is 11. The van der Waals surface area contributed by atoms with E-state index in [0.29, 0.717) is 5.75 Å². The Morgan fingerprint density at radius 3 is 1.44 bits per heavy atom. The van der Waals surface area contributed by atoms with Gasteiger partial charge in [-0.15, -0.1) is 14.5 Å². The summed E-state index contributed by atoms with van der Waals surface area (Å²) in [5.74, 6) is 0.419. The minimum Gasteiger partial charge on any atom is -0.394 e. The predicted octanol–water partition coefficient (Wildman–Crippen LogP) is -1.50. The fourth-order valence-electron chi connectivity index (χ4n) is 0.968. The molecule has 16 heavy (non-hydrogen) atoms. The SMILES string of the molecule is OCCO[N+](CCS)(OCCO)OCCO. The minimum atomic E-state index is -0.648. The van der Waals surface area contributed by atoms with Crippen molar-refractivity contribution in [3.05, 3.63) is 0 Å². The highest BCUT2D eigenvalue weighted by Gasteiger charge is 2.34. The summed E-state index contributed by atoms with van der Waals surface area (Å²) in [6.07, 6.45) is 0. The van der Waals surface area contributed by atoms with Crippen LogP contribution in [0.2, 0.25) is 0 Å². The van der Waals surface area contributed by atoms with Gasteiger partial charge in [0.2, 0.25) is 0 Å². The van der Waals surface area contributed by atoms with E-state index in [1.54, 1.807) is 0 Å². The van der Waals surface area contributed by atoms with Gasteiger partial charge in [0.15, 0.2) is 6.54 Å². The van der Waals surface area contributed by atoms with Gasteiger partial charge < -0.3 is 15.3 Å². The van der Waals surface area contributed by atoms with Crippen LogP contribution in [0.1, 0.15) is 0 Å². The van der Waals surface area contributed by atoms with E-state index in [1.165, 1.54) is 0 Å². The lowest BCUT2D eigenvalue weighted by Gasteiger charge is -2.28. The molecule has 0 saturated heterocycles. The Balaban J connectivity index is 4.32. The van der Waals surface area contributed by atoms with Crippen molar-refractivity contribution in [2.45, 2.75) is 0 Å². The molecule has 0 aromatic heterocycles. The summed E-state index contributed by atoms with van der Waals surface area (Å²) in [5, 5.41) is 26.1. The van der Waals surface area contributed by atoms with Gasteiger partial charge in [-0.25, -0.2) is 0 Å². The third-order valence-electron chi connectivity index (χ3n) is 1.51. The van der Waals surface area contributed by atoms with Crippen molar-refractivity contribution in [1.29, 1.82) is 0 Å². The third kappa shape index (κ3) is 6.61. The zero-order valence-electron chi connectivity index (χ0n) is 9.12. The number of hydrogen-bond acceptors (Lipinski definition) is 7. The van der Waals surface area contributed by atoms with Crippen LogP contribution in [0.25, 0.3) is 0 Å². The molecule has 0 saturated carbocycles. The Bertz CT molecular complexity index is 140. The molecule has 0 spiro atoms. The molecule has 3 N–H and O–H groups in total. The van der Waals surface area contributed by atoms with Crippen molar-refractivity contribution >= 4 is 12.6 Å². The van der Waals surface area contributed by atoms with Gasteiger partial charge in [-0.1, -0.05) is 0 Å². The summed E-state index contributed by atoms with van der Waals surface area (Å²) in [6.45, 7) is -0.227. The van der Waals surface area contributed by atoms with Gasteiger partial charge in [-0.05, 0) is 0 Å². The second-order valence-corrected chi connectivity index (χ2v) is 3.18. The third-order valence-corrected chi connectivity index (χ3v) is 1.71. The Morgan fingerprint density at radius 1 is 0.812 bits per heavy atom. The fourth-order valence-corrected chi connectivity index (χ4v) is 1.21. The predicted molar refractivity (Wildman–Crippen MR) is 58.1 cm³/mol. The topological polar surface area (TPSA) is 88.4 Å². The molecule has 0 aliphatic rings. The highest BCUT2D eigenvalue weighted by atomic mass is 32.1. The first-order valence-corrected chi connectivity index (χ1v) is 5.63. The number of hydrogen-bond donors (Lipinski definition) is 4. The summed E-state index contributed by atoms with van der Waals surface area (Å²) in [7, 11) is 0. The van der Waals surface area contributed by atoms with Crippen LogP contribution in [-0.4, -0.2) is 72.2 Å². The number of aliphatic hydroxyl groups is 3. The Kier molecular flexibility index (Phi) is 10.3. The lowest BCUT2D eigenvalue weighted by Crippen LogP contribution is -2.50. The molecule has 0 unspecified atom stereocenters. The lowest BCUT2D eigenvalue weighted by molar-refractivity contribution is -1.37. The van der Waals surface area contributed by atoms with Crippen molar-refractivity contribution in [3.8, 4) is 0 Å². The van der Waals surface area contributed by atoms with Gasteiger partial charge in [0.25, 0.3) is 0 Å². The summed E-state index contributed by atoms with van der Waals surface area (Å²) < 4.78 is 0. The van der Waals surface area contributed by atoms with Crippen LogP contribution >= 0.6 is 12.6 Å². The molecule has 0 amide bonds. The monoisotopic (exact) mass is 258 g/mol.